The zero-order chi connectivity index (χ0) is 14.5. The van der Waals surface area contributed by atoms with Gasteiger partial charge in [0.1, 0.15) is 11.5 Å². The standard InChI is InChI=1S/C16H26N2O2/c1-4-12-7-8-18(10-12)11-15(17)14-9-13(19-2)5-6-16(14)20-3/h5-6,9,12,15H,4,7-8,10-11,17H2,1-3H3. The second-order valence-corrected chi connectivity index (χ2v) is 5.54. The van der Waals surface area contributed by atoms with E-state index in [-0.39, 0.29) is 6.04 Å². The van der Waals surface area contributed by atoms with E-state index in [0.717, 1.165) is 42.6 Å². The minimum absolute atomic E-state index is 0.0457. The van der Waals surface area contributed by atoms with Gasteiger partial charge in [0.25, 0.3) is 0 Å². The van der Waals surface area contributed by atoms with Gasteiger partial charge in [-0.1, -0.05) is 13.3 Å². The van der Waals surface area contributed by atoms with Gasteiger partial charge >= 0.3 is 0 Å². The summed E-state index contributed by atoms with van der Waals surface area (Å²) in [5, 5.41) is 0. The topological polar surface area (TPSA) is 47.7 Å². The summed E-state index contributed by atoms with van der Waals surface area (Å²) < 4.78 is 10.7. The van der Waals surface area contributed by atoms with E-state index in [1.807, 2.05) is 18.2 Å². The van der Waals surface area contributed by atoms with Crippen LogP contribution in [0.25, 0.3) is 0 Å². The van der Waals surface area contributed by atoms with Crippen LogP contribution >= 0.6 is 0 Å². The Labute approximate surface area is 121 Å². The van der Waals surface area contributed by atoms with Crippen LogP contribution in [0.4, 0.5) is 0 Å². The number of hydrogen-bond donors (Lipinski definition) is 1. The number of hydrogen-bond acceptors (Lipinski definition) is 4. The van der Waals surface area contributed by atoms with Crippen LogP contribution in [0.2, 0.25) is 0 Å². The monoisotopic (exact) mass is 278 g/mol. The van der Waals surface area contributed by atoms with Crippen molar-refractivity contribution in [3.63, 3.8) is 0 Å². The van der Waals surface area contributed by atoms with Gasteiger partial charge < -0.3 is 20.1 Å². The van der Waals surface area contributed by atoms with Crippen molar-refractivity contribution in [1.29, 1.82) is 0 Å². The van der Waals surface area contributed by atoms with Gasteiger partial charge in [0.2, 0.25) is 0 Å². The average Bonchev–Trinajstić information content (AvgIpc) is 2.94. The highest BCUT2D eigenvalue weighted by molar-refractivity contribution is 5.42. The molecule has 1 saturated heterocycles. The Morgan fingerprint density at radius 2 is 2.15 bits per heavy atom. The molecule has 1 aromatic carbocycles. The fourth-order valence-corrected chi connectivity index (χ4v) is 2.92. The van der Waals surface area contributed by atoms with E-state index in [9.17, 15) is 0 Å². The van der Waals surface area contributed by atoms with Gasteiger partial charge in [-0.05, 0) is 37.1 Å². The molecule has 1 aliphatic rings. The Balaban J connectivity index is 2.06. The lowest BCUT2D eigenvalue weighted by atomic mass is 10.1. The minimum atomic E-state index is -0.0457. The maximum absolute atomic E-state index is 6.38. The lowest BCUT2D eigenvalue weighted by Gasteiger charge is -2.23. The van der Waals surface area contributed by atoms with Crippen molar-refractivity contribution in [3.05, 3.63) is 23.8 Å². The van der Waals surface area contributed by atoms with E-state index in [1.165, 1.54) is 12.8 Å². The zero-order valence-electron chi connectivity index (χ0n) is 12.8. The fraction of sp³-hybridized carbons (Fsp3) is 0.625. The summed E-state index contributed by atoms with van der Waals surface area (Å²) in [6, 6.07) is 5.76. The summed E-state index contributed by atoms with van der Waals surface area (Å²) >= 11 is 0. The fourth-order valence-electron chi connectivity index (χ4n) is 2.92. The van der Waals surface area contributed by atoms with Crippen LogP contribution in [0.1, 0.15) is 31.4 Å². The first-order chi connectivity index (χ1) is 9.67. The second kappa shape index (κ2) is 6.95. The third kappa shape index (κ3) is 3.44. The molecule has 0 aromatic heterocycles. The Morgan fingerprint density at radius 3 is 2.75 bits per heavy atom. The SMILES string of the molecule is CCC1CCN(CC(N)c2cc(OC)ccc2OC)C1. The van der Waals surface area contributed by atoms with Crippen LogP contribution in [0.5, 0.6) is 11.5 Å². The molecule has 20 heavy (non-hydrogen) atoms. The molecule has 1 fully saturated rings. The summed E-state index contributed by atoms with van der Waals surface area (Å²) in [5.41, 5.74) is 7.40. The summed E-state index contributed by atoms with van der Waals surface area (Å²) in [5.74, 6) is 2.49. The molecule has 0 saturated carbocycles. The van der Waals surface area contributed by atoms with Crippen LogP contribution in [-0.2, 0) is 0 Å². The molecule has 0 aliphatic carbocycles. The van der Waals surface area contributed by atoms with Crippen molar-refractivity contribution in [1.82, 2.24) is 4.90 Å². The predicted molar refractivity (Wildman–Crippen MR) is 81.3 cm³/mol. The Bertz CT molecular complexity index is 436. The molecule has 0 bridgehead atoms. The van der Waals surface area contributed by atoms with E-state index < -0.39 is 0 Å². The van der Waals surface area contributed by atoms with Crippen LogP contribution in [-0.4, -0.2) is 38.8 Å². The molecule has 0 amide bonds. The van der Waals surface area contributed by atoms with Crippen LogP contribution in [0.3, 0.4) is 0 Å². The van der Waals surface area contributed by atoms with E-state index >= 15 is 0 Å². The molecule has 1 aliphatic heterocycles. The van der Waals surface area contributed by atoms with E-state index in [0.29, 0.717) is 0 Å². The van der Waals surface area contributed by atoms with Crippen molar-refractivity contribution < 1.29 is 9.47 Å². The molecular weight excluding hydrogens is 252 g/mol. The van der Waals surface area contributed by atoms with Gasteiger partial charge in [0.05, 0.1) is 14.2 Å². The smallest absolute Gasteiger partial charge is 0.123 e. The van der Waals surface area contributed by atoms with Gasteiger partial charge in [-0.2, -0.15) is 0 Å². The van der Waals surface area contributed by atoms with Crippen molar-refractivity contribution in [2.75, 3.05) is 33.9 Å². The molecule has 2 N–H and O–H groups in total. The van der Waals surface area contributed by atoms with Crippen molar-refractivity contribution >= 4 is 0 Å². The number of benzene rings is 1. The maximum Gasteiger partial charge on any atom is 0.123 e. The van der Waals surface area contributed by atoms with Crippen LogP contribution in [0, 0.1) is 5.92 Å². The Hall–Kier alpha value is -1.26. The Morgan fingerprint density at radius 1 is 1.35 bits per heavy atom. The molecule has 112 valence electrons. The van der Waals surface area contributed by atoms with Crippen molar-refractivity contribution in [2.45, 2.75) is 25.8 Å². The average molecular weight is 278 g/mol. The molecular formula is C16H26N2O2. The molecule has 1 heterocycles. The van der Waals surface area contributed by atoms with Crippen LogP contribution < -0.4 is 15.2 Å². The summed E-state index contributed by atoms with van der Waals surface area (Å²) in [6.07, 6.45) is 2.55. The number of methoxy groups -OCH3 is 2. The van der Waals surface area contributed by atoms with E-state index in [1.54, 1.807) is 14.2 Å². The van der Waals surface area contributed by atoms with Gasteiger partial charge in [-0.3, -0.25) is 0 Å². The molecule has 2 atom stereocenters. The van der Waals surface area contributed by atoms with Crippen molar-refractivity contribution in [3.8, 4) is 11.5 Å². The van der Waals surface area contributed by atoms with Gasteiger partial charge in [0.15, 0.2) is 0 Å². The highest BCUT2D eigenvalue weighted by atomic mass is 16.5. The first kappa shape index (κ1) is 15.1. The summed E-state index contributed by atoms with van der Waals surface area (Å²) in [7, 11) is 3.35. The largest absolute Gasteiger partial charge is 0.497 e. The Kier molecular flexibility index (Phi) is 5.26. The van der Waals surface area contributed by atoms with Crippen LogP contribution in [0.15, 0.2) is 18.2 Å². The van der Waals surface area contributed by atoms with Gasteiger partial charge in [-0.15, -0.1) is 0 Å². The van der Waals surface area contributed by atoms with E-state index in [2.05, 4.69) is 11.8 Å². The minimum Gasteiger partial charge on any atom is -0.497 e. The number of nitrogens with two attached hydrogens (primary N) is 1. The zero-order valence-corrected chi connectivity index (χ0v) is 12.8. The molecule has 2 unspecified atom stereocenters. The van der Waals surface area contributed by atoms with Gasteiger partial charge in [0, 0.05) is 24.7 Å². The first-order valence-electron chi connectivity index (χ1n) is 7.37. The lowest BCUT2D eigenvalue weighted by Crippen LogP contribution is -2.30. The first-order valence-corrected chi connectivity index (χ1v) is 7.37. The predicted octanol–water partition coefficient (Wildman–Crippen LogP) is 2.44. The summed E-state index contributed by atoms with van der Waals surface area (Å²) in [6.45, 7) is 5.45. The third-order valence-corrected chi connectivity index (χ3v) is 4.24. The molecule has 1 aromatic rings. The molecule has 0 spiro atoms. The molecule has 0 radical (unpaired) electrons. The highest BCUT2D eigenvalue weighted by Crippen LogP contribution is 2.30. The number of rotatable bonds is 6. The number of ether oxygens (including phenoxy) is 2. The quantitative estimate of drug-likeness (QED) is 0.868. The lowest BCUT2D eigenvalue weighted by molar-refractivity contribution is 0.298. The maximum atomic E-state index is 6.38. The molecule has 4 heteroatoms. The number of nitrogens with zero attached hydrogens (tertiary/aromatic N) is 1. The van der Waals surface area contributed by atoms with Gasteiger partial charge in [-0.25, -0.2) is 0 Å². The molecule has 2 rings (SSSR count). The van der Waals surface area contributed by atoms with E-state index in [4.69, 9.17) is 15.2 Å². The number of likely N-dealkylation sites (tertiary alicyclic amines) is 1. The third-order valence-electron chi connectivity index (χ3n) is 4.24. The highest BCUT2D eigenvalue weighted by Gasteiger charge is 2.24. The molecule has 4 nitrogen and oxygen atoms in total. The summed E-state index contributed by atoms with van der Waals surface area (Å²) in [4.78, 5) is 2.46. The normalized spacial score (nSPS) is 20.9. The van der Waals surface area contributed by atoms with Crippen molar-refractivity contribution in [2.24, 2.45) is 11.7 Å². The second-order valence-electron chi connectivity index (χ2n) is 5.54.